The summed E-state index contributed by atoms with van der Waals surface area (Å²) in [6.45, 7) is 3.54. The van der Waals surface area contributed by atoms with Crippen LogP contribution in [0, 0.1) is 6.92 Å². The van der Waals surface area contributed by atoms with Crippen LogP contribution in [0.15, 0.2) is 24.5 Å². The van der Waals surface area contributed by atoms with Crippen molar-refractivity contribution in [2.75, 3.05) is 7.11 Å². The Kier molecular flexibility index (Phi) is 3.94. The zero-order valence-electron chi connectivity index (χ0n) is 11.0. The van der Waals surface area contributed by atoms with Crippen molar-refractivity contribution in [3.63, 3.8) is 0 Å². The molecule has 0 atom stereocenters. The van der Waals surface area contributed by atoms with Gasteiger partial charge in [-0.25, -0.2) is 4.68 Å². The summed E-state index contributed by atoms with van der Waals surface area (Å²) >= 11 is 0. The number of hydrogen-bond acceptors (Lipinski definition) is 4. The van der Waals surface area contributed by atoms with Crippen LogP contribution in [0.2, 0.25) is 0 Å². The van der Waals surface area contributed by atoms with Gasteiger partial charge in [0.05, 0.1) is 18.4 Å². The average Bonchev–Trinajstić information content (AvgIpc) is 2.65. The summed E-state index contributed by atoms with van der Waals surface area (Å²) in [7, 11) is 3.56. The Morgan fingerprint density at radius 2 is 2.00 bits per heavy atom. The Morgan fingerprint density at radius 1 is 1.28 bits per heavy atom. The van der Waals surface area contributed by atoms with E-state index in [1.807, 2.05) is 26.1 Å². The van der Waals surface area contributed by atoms with E-state index in [2.05, 4.69) is 15.4 Å². The lowest BCUT2D eigenvalue weighted by atomic mass is 10.2. The number of methoxy groups -OCH3 is 1. The first-order valence-electron chi connectivity index (χ1n) is 5.88. The zero-order chi connectivity index (χ0) is 13.0. The number of rotatable bonds is 5. The van der Waals surface area contributed by atoms with Gasteiger partial charge in [-0.3, -0.25) is 4.98 Å². The lowest BCUT2D eigenvalue weighted by Crippen LogP contribution is -2.13. The Hall–Kier alpha value is -1.88. The molecule has 0 radical (unpaired) electrons. The van der Waals surface area contributed by atoms with Crippen LogP contribution < -0.4 is 10.1 Å². The molecule has 2 aromatic heterocycles. The van der Waals surface area contributed by atoms with Crippen LogP contribution in [0.1, 0.15) is 16.8 Å². The van der Waals surface area contributed by atoms with Crippen LogP contribution in [0.5, 0.6) is 5.88 Å². The molecule has 0 aromatic carbocycles. The number of aromatic nitrogens is 3. The van der Waals surface area contributed by atoms with E-state index in [-0.39, 0.29) is 0 Å². The van der Waals surface area contributed by atoms with Crippen LogP contribution >= 0.6 is 0 Å². The summed E-state index contributed by atoms with van der Waals surface area (Å²) in [6.07, 6.45) is 3.60. The minimum absolute atomic E-state index is 0.741. The number of nitrogens with zero attached hydrogens (tertiary/aromatic N) is 3. The zero-order valence-corrected chi connectivity index (χ0v) is 11.0. The van der Waals surface area contributed by atoms with E-state index in [0.717, 1.165) is 30.2 Å². The standard InChI is InChI=1S/C13H18N4O/c1-10-12(13(18-3)17(2)16-10)9-15-8-11-4-6-14-7-5-11/h4-7,15H,8-9H2,1-3H3. The highest BCUT2D eigenvalue weighted by Crippen LogP contribution is 2.20. The molecular weight excluding hydrogens is 228 g/mol. The molecule has 0 saturated carbocycles. The van der Waals surface area contributed by atoms with Gasteiger partial charge >= 0.3 is 0 Å². The molecule has 0 saturated heterocycles. The fraction of sp³-hybridized carbons (Fsp3) is 0.385. The fourth-order valence-electron chi connectivity index (χ4n) is 1.97. The minimum Gasteiger partial charge on any atom is -0.481 e. The van der Waals surface area contributed by atoms with Crippen molar-refractivity contribution in [3.8, 4) is 5.88 Å². The molecule has 5 heteroatoms. The molecule has 2 rings (SSSR count). The van der Waals surface area contributed by atoms with Crippen molar-refractivity contribution < 1.29 is 4.74 Å². The molecule has 0 aliphatic heterocycles. The highest BCUT2D eigenvalue weighted by Gasteiger charge is 2.12. The summed E-state index contributed by atoms with van der Waals surface area (Å²) in [5.74, 6) is 0.815. The predicted molar refractivity (Wildman–Crippen MR) is 69.3 cm³/mol. The second kappa shape index (κ2) is 5.64. The van der Waals surface area contributed by atoms with Crippen molar-refractivity contribution in [1.29, 1.82) is 0 Å². The molecule has 0 bridgehead atoms. The SMILES string of the molecule is COc1c(CNCc2ccncc2)c(C)nn1C. The van der Waals surface area contributed by atoms with E-state index in [0.29, 0.717) is 0 Å². The van der Waals surface area contributed by atoms with Gasteiger partial charge in [0.1, 0.15) is 0 Å². The van der Waals surface area contributed by atoms with E-state index >= 15 is 0 Å². The van der Waals surface area contributed by atoms with Gasteiger partial charge in [0.25, 0.3) is 0 Å². The smallest absolute Gasteiger partial charge is 0.216 e. The summed E-state index contributed by atoms with van der Waals surface area (Å²) in [4.78, 5) is 4.00. The molecule has 0 aliphatic carbocycles. The van der Waals surface area contributed by atoms with Gasteiger partial charge in [0, 0.05) is 32.5 Å². The van der Waals surface area contributed by atoms with Crippen molar-refractivity contribution in [2.45, 2.75) is 20.0 Å². The lowest BCUT2D eigenvalue weighted by molar-refractivity contribution is 0.368. The number of hydrogen-bond donors (Lipinski definition) is 1. The summed E-state index contributed by atoms with van der Waals surface area (Å²) in [6, 6.07) is 4.00. The largest absolute Gasteiger partial charge is 0.481 e. The molecule has 2 heterocycles. The van der Waals surface area contributed by atoms with Crippen LogP contribution in [-0.4, -0.2) is 21.9 Å². The minimum atomic E-state index is 0.741. The fourth-order valence-corrected chi connectivity index (χ4v) is 1.97. The monoisotopic (exact) mass is 246 g/mol. The van der Waals surface area contributed by atoms with Crippen LogP contribution in [0.3, 0.4) is 0 Å². The van der Waals surface area contributed by atoms with Gasteiger partial charge < -0.3 is 10.1 Å². The maximum Gasteiger partial charge on any atom is 0.216 e. The summed E-state index contributed by atoms with van der Waals surface area (Å²) in [5, 5.41) is 7.73. The topological polar surface area (TPSA) is 52.0 Å². The molecule has 0 aliphatic rings. The van der Waals surface area contributed by atoms with Crippen molar-refractivity contribution in [2.24, 2.45) is 7.05 Å². The molecular formula is C13H18N4O. The van der Waals surface area contributed by atoms with E-state index < -0.39 is 0 Å². The highest BCUT2D eigenvalue weighted by molar-refractivity contribution is 5.30. The van der Waals surface area contributed by atoms with Gasteiger partial charge in [0.15, 0.2) is 0 Å². The van der Waals surface area contributed by atoms with Gasteiger partial charge in [0.2, 0.25) is 5.88 Å². The van der Waals surface area contributed by atoms with Crippen molar-refractivity contribution >= 4 is 0 Å². The highest BCUT2D eigenvalue weighted by atomic mass is 16.5. The Balaban J connectivity index is 1.98. The molecule has 18 heavy (non-hydrogen) atoms. The Bertz CT molecular complexity index is 507. The van der Waals surface area contributed by atoms with Crippen molar-refractivity contribution in [1.82, 2.24) is 20.1 Å². The Labute approximate surface area is 107 Å². The third-order valence-electron chi connectivity index (χ3n) is 2.86. The second-order valence-corrected chi connectivity index (χ2v) is 4.16. The molecule has 2 aromatic rings. The number of aryl methyl sites for hydroxylation is 2. The Morgan fingerprint density at radius 3 is 2.67 bits per heavy atom. The molecule has 1 N–H and O–H groups in total. The van der Waals surface area contributed by atoms with Crippen LogP contribution in [0.4, 0.5) is 0 Å². The van der Waals surface area contributed by atoms with Gasteiger partial charge in [-0.05, 0) is 24.6 Å². The first kappa shape index (κ1) is 12.6. The van der Waals surface area contributed by atoms with Gasteiger partial charge in [-0.1, -0.05) is 0 Å². The number of ether oxygens (including phenoxy) is 1. The first-order valence-corrected chi connectivity index (χ1v) is 5.88. The maximum absolute atomic E-state index is 5.35. The lowest BCUT2D eigenvalue weighted by Gasteiger charge is -2.07. The molecule has 5 nitrogen and oxygen atoms in total. The number of nitrogens with one attached hydrogen (secondary N) is 1. The van der Waals surface area contributed by atoms with Crippen molar-refractivity contribution in [3.05, 3.63) is 41.3 Å². The van der Waals surface area contributed by atoms with Crippen LogP contribution in [-0.2, 0) is 20.1 Å². The molecule has 0 unspecified atom stereocenters. The quantitative estimate of drug-likeness (QED) is 0.867. The molecule has 0 spiro atoms. The van der Waals surface area contributed by atoms with E-state index in [1.165, 1.54) is 5.56 Å². The van der Waals surface area contributed by atoms with Crippen LogP contribution in [0.25, 0.3) is 0 Å². The van der Waals surface area contributed by atoms with Gasteiger partial charge in [-0.2, -0.15) is 5.10 Å². The van der Waals surface area contributed by atoms with Gasteiger partial charge in [-0.15, -0.1) is 0 Å². The van der Waals surface area contributed by atoms with E-state index in [1.54, 1.807) is 24.2 Å². The predicted octanol–water partition coefficient (Wildman–Crippen LogP) is 1.42. The molecule has 0 fully saturated rings. The third-order valence-corrected chi connectivity index (χ3v) is 2.86. The van der Waals surface area contributed by atoms with E-state index in [9.17, 15) is 0 Å². The first-order chi connectivity index (χ1) is 8.72. The normalized spacial score (nSPS) is 10.6. The molecule has 96 valence electrons. The summed E-state index contributed by atoms with van der Waals surface area (Å²) < 4.78 is 7.11. The molecule has 0 amide bonds. The second-order valence-electron chi connectivity index (χ2n) is 4.16. The number of pyridine rings is 1. The third kappa shape index (κ3) is 2.68. The van der Waals surface area contributed by atoms with E-state index in [4.69, 9.17) is 4.74 Å². The average molecular weight is 246 g/mol. The maximum atomic E-state index is 5.35. The summed E-state index contributed by atoms with van der Waals surface area (Å²) in [5.41, 5.74) is 3.32.